The summed E-state index contributed by atoms with van der Waals surface area (Å²) < 4.78 is 6.04. The third-order valence-electron chi connectivity index (χ3n) is 15.2. The van der Waals surface area contributed by atoms with E-state index in [-0.39, 0.29) is 46.3 Å². The Hall–Kier alpha value is -3.27. The quantitative estimate of drug-likeness (QED) is 0.189. The number of ether oxygens (including phenoxy) is 1. The van der Waals surface area contributed by atoms with Crippen molar-refractivity contribution < 1.29 is 19.1 Å². The third-order valence-corrected chi connectivity index (χ3v) is 15.2. The first-order valence-corrected chi connectivity index (χ1v) is 18.5. The smallest absolute Gasteiger partial charge is 0.320 e. The van der Waals surface area contributed by atoms with Gasteiger partial charge in [0, 0.05) is 5.92 Å². The second kappa shape index (κ2) is 11.4. The first-order valence-electron chi connectivity index (χ1n) is 18.5. The van der Waals surface area contributed by atoms with Crippen LogP contribution in [0, 0.1) is 56.7 Å². The maximum absolute atomic E-state index is 15.0. The van der Waals surface area contributed by atoms with Gasteiger partial charge in [-0.25, -0.2) is 0 Å². The molecule has 254 valence electrons. The number of hydrogen-bond acceptors (Lipinski definition) is 4. The number of rotatable bonds is 4. The van der Waals surface area contributed by atoms with Crippen molar-refractivity contribution in [1.82, 2.24) is 0 Å². The Kier molecular flexibility index (Phi) is 7.89. The maximum Gasteiger partial charge on any atom is 0.320 e. The number of fused-ring (bicyclic) bond motifs is 7. The SMILES string of the molecule is C[C@H]1[C@H](C)CC[C@]2(C)CC[C@]3(C)C(=CC(=O)[C@@H]4[C@@]5(C)C/C(=C\c6ccccc6)C(=O)[C@](C)(C(=O)OCc6ccccc6)[C@@H]5CC[C@]43C)[C@H]12. The molecule has 7 rings (SSSR count). The number of carbonyl (C=O) groups is 3. The molecule has 0 spiro atoms. The minimum atomic E-state index is -1.40. The van der Waals surface area contributed by atoms with Crippen LogP contribution in [0.15, 0.2) is 77.9 Å². The fraction of sp³-hybridized carbons (Fsp3) is 0.568. The molecule has 5 aliphatic carbocycles. The van der Waals surface area contributed by atoms with E-state index in [9.17, 15) is 14.4 Å². The molecule has 4 nitrogen and oxygen atoms in total. The number of allylic oxidation sites excluding steroid dienone is 3. The molecule has 0 saturated heterocycles. The van der Waals surface area contributed by atoms with Crippen LogP contribution in [0.3, 0.4) is 0 Å². The van der Waals surface area contributed by atoms with Crippen LogP contribution < -0.4 is 0 Å². The first-order chi connectivity index (χ1) is 22.7. The second-order valence-corrected chi connectivity index (χ2v) is 17.6. The van der Waals surface area contributed by atoms with Gasteiger partial charge in [0.15, 0.2) is 11.6 Å². The van der Waals surface area contributed by atoms with Crippen LogP contribution >= 0.6 is 0 Å². The van der Waals surface area contributed by atoms with E-state index < -0.39 is 16.8 Å². The van der Waals surface area contributed by atoms with Gasteiger partial charge in [0.1, 0.15) is 12.0 Å². The van der Waals surface area contributed by atoms with Gasteiger partial charge in [-0.15, -0.1) is 0 Å². The predicted octanol–water partition coefficient (Wildman–Crippen LogP) is 9.83. The number of hydrogen-bond donors (Lipinski definition) is 0. The van der Waals surface area contributed by atoms with E-state index in [0.29, 0.717) is 29.7 Å². The van der Waals surface area contributed by atoms with Gasteiger partial charge in [0.05, 0.1) is 0 Å². The Bertz CT molecular complexity index is 1690. The van der Waals surface area contributed by atoms with Gasteiger partial charge in [-0.05, 0) is 126 Å². The van der Waals surface area contributed by atoms with E-state index in [1.54, 1.807) is 0 Å². The Morgan fingerprint density at radius 1 is 0.854 bits per heavy atom. The van der Waals surface area contributed by atoms with Crippen molar-refractivity contribution in [2.45, 2.75) is 100 Å². The van der Waals surface area contributed by atoms with E-state index in [0.717, 1.165) is 30.4 Å². The summed E-state index contributed by atoms with van der Waals surface area (Å²) in [5, 5.41) is 0. The standard InChI is InChI=1S/C44H54O4/c1-28-18-20-40(3)22-23-42(5)33(36(40)29(28)2)25-34(45)37-41(4)26-32(24-30-14-10-8-11-15-30)38(46)44(7,35(41)19-21-43(37,42)6)39(47)48-27-31-16-12-9-13-17-31/h8-17,24-25,28-29,35-37H,18-23,26-27H2,1-7H3/b32-24+/t28-,29+,35-,36+,37-,40-,41+,42-,43-,44-/m1/s1. The molecule has 0 bridgehead atoms. The Labute approximate surface area is 287 Å². The molecule has 0 N–H and O–H groups in total. The van der Waals surface area contributed by atoms with Crippen LogP contribution in [-0.2, 0) is 25.7 Å². The summed E-state index contributed by atoms with van der Waals surface area (Å²) >= 11 is 0. The first kappa shape index (κ1) is 33.2. The molecule has 10 atom stereocenters. The average molecular weight is 647 g/mol. The predicted molar refractivity (Wildman–Crippen MR) is 190 cm³/mol. The summed E-state index contributed by atoms with van der Waals surface area (Å²) in [6, 6.07) is 19.6. The van der Waals surface area contributed by atoms with Crippen LogP contribution in [-0.4, -0.2) is 17.5 Å². The third kappa shape index (κ3) is 4.63. The summed E-state index contributed by atoms with van der Waals surface area (Å²) in [6.07, 6.45) is 10.8. The van der Waals surface area contributed by atoms with Gasteiger partial charge >= 0.3 is 5.97 Å². The molecule has 4 heteroatoms. The molecule has 0 unspecified atom stereocenters. The molecule has 4 fully saturated rings. The van der Waals surface area contributed by atoms with Crippen molar-refractivity contribution in [3.8, 4) is 0 Å². The Balaban J connectivity index is 1.34. The highest BCUT2D eigenvalue weighted by Crippen LogP contribution is 2.75. The van der Waals surface area contributed by atoms with Crippen molar-refractivity contribution in [2.75, 3.05) is 0 Å². The minimum Gasteiger partial charge on any atom is -0.460 e. The van der Waals surface area contributed by atoms with E-state index >= 15 is 0 Å². The lowest BCUT2D eigenvalue weighted by Gasteiger charge is -2.70. The Morgan fingerprint density at radius 2 is 1.52 bits per heavy atom. The molecule has 0 amide bonds. The summed E-state index contributed by atoms with van der Waals surface area (Å²) in [5.74, 6) is 0.553. The van der Waals surface area contributed by atoms with E-state index in [1.165, 1.54) is 24.8 Å². The molecule has 2 aromatic rings. The maximum atomic E-state index is 15.0. The molecule has 0 heterocycles. The van der Waals surface area contributed by atoms with Crippen LogP contribution in [0.5, 0.6) is 0 Å². The number of ketones is 2. The zero-order chi connectivity index (χ0) is 34.3. The highest BCUT2D eigenvalue weighted by atomic mass is 16.5. The molecule has 0 aromatic heterocycles. The number of Topliss-reactive ketones (excluding diaryl/α,β-unsaturated/α-hetero) is 1. The highest BCUT2D eigenvalue weighted by Gasteiger charge is 2.72. The topological polar surface area (TPSA) is 60.4 Å². The van der Waals surface area contributed by atoms with Crippen molar-refractivity contribution in [3.05, 3.63) is 89.0 Å². The van der Waals surface area contributed by atoms with Crippen molar-refractivity contribution in [3.63, 3.8) is 0 Å². The van der Waals surface area contributed by atoms with Gasteiger partial charge < -0.3 is 4.74 Å². The molecule has 2 aromatic carbocycles. The second-order valence-electron chi connectivity index (χ2n) is 17.6. The molecule has 0 radical (unpaired) electrons. The lowest BCUT2D eigenvalue weighted by molar-refractivity contribution is -0.196. The van der Waals surface area contributed by atoms with Crippen molar-refractivity contribution in [1.29, 1.82) is 0 Å². The molecular formula is C44H54O4. The van der Waals surface area contributed by atoms with Crippen LogP contribution in [0.2, 0.25) is 0 Å². The van der Waals surface area contributed by atoms with Crippen molar-refractivity contribution in [2.24, 2.45) is 56.7 Å². The largest absolute Gasteiger partial charge is 0.460 e. The van der Waals surface area contributed by atoms with E-state index in [2.05, 4.69) is 47.6 Å². The summed E-state index contributed by atoms with van der Waals surface area (Å²) in [4.78, 5) is 44.1. The number of carbonyl (C=O) groups excluding carboxylic acids is 3. The normalized spacial score (nSPS) is 42.9. The lowest BCUT2D eigenvalue weighted by atomic mass is 9.33. The van der Waals surface area contributed by atoms with E-state index in [4.69, 9.17) is 4.74 Å². The monoisotopic (exact) mass is 646 g/mol. The molecule has 48 heavy (non-hydrogen) atoms. The molecule has 4 saturated carbocycles. The molecular weight excluding hydrogens is 592 g/mol. The van der Waals surface area contributed by atoms with Gasteiger partial charge in [-0.1, -0.05) is 108 Å². The van der Waals surface area contributed by atoms with Crippen LogP contribution in [0.25, 0.3) is 6.08 Å². The lowest BCUT2D eigenvalue weighted by Crippen LogP contribution is -2.68. The number of benzene rings is 2. The zero-order valence-corrected chi connectivity index (χ0v) is 30.1. The van der Waals surface area contributed by atoms with Gasteiger partial charge in [0.25, 0.3) is 0 Å². The summed E-state index contributed by atoms with van der Waals surface area (Å²) in [6.45, 7) is 16.3. The summed E-state index contributed by atoms with van der Waals surface area (Å²) in [7, 11) is 0. The fourth-order valence-corrected chi connectivity index (χ4v) is 12.2. The van der Waals surface area contributed by atoms with E-state index in [1.807, 2.05) is 73.7 Å². The average Bonchev–Trinajstić information content (AvgIpc) is 3.06. The Morgan fingerprint density at radius 3 is 2.21 bits per heavy atom. The van der Waals surface area contributed by atoms with Gasteiger partial charge in [0.2, 0.25) is 0 Å². The fourth-order valence-electron chi connectivity index (χ4n) is 12.2. The molecule has 5 aliphatic rings. The van der Waals surface area contributed by atoms with Crippen LogP contribution in [0.4, 0.5) is 0 Å². The minimum absolute atomic E-state index is 0.116. The van der Waals surface area contributed by atoms with Crippen molar-refractivity contribution >= 4 is 23.6 Å². The van der Waals surface area contributed by atoms with Gasteiger partial charge in [-0.2, -0.15) is 0 Å². The number of esters is 1. The van der Waals surface area contributed by atoms with Crippen LogP contribution in [0.1, 0.15) is 105 Å². The summed E-state index contributed by atoms with van der Waals surface area (Å²) in [5.41, 5.74) is 1.67. The highest BCUT2D eigenvalue weighted by molar-refractivity contribution is 6.15. The molecule has 0 aliphatic heterocycles. The van der Waals surface area contributed by atoms with Gasteiger partial charge in [-0.3, -0.25) is 14.4 Å². The zero-order valence-electron chi connectivity index (χ0n) is 30.1.